The lowest BCUT2D eigenvalue weighted by molar-refractivity contribution is -0.121. The molecule has 1 aliphatic rings. The lowest BCUT2D eigenvalue weighted by Crippen LogP contribution is -2.23. The number of aliphatic imine (C=N–C) groups is 1. The zero-order chi connectivity index (χ0) is 18.7. The molecule has 0 aromatic heterocycles. The smallest absolute Gasteiger partial charge is 0.266 e. The number of rotatable bonds is 4. The quantitative estimate of drug-likeness (QED) is 0.664. The van der Waals surface area contributed by atoms with E-state index in [9.17, 15) is 4.79 Å². The summed E-state index contributed by atoms with van der Waals surface area (Å²) >= 11 is 7.35. The minimum Gasteiger partial charge on any atom is -0.490 e. The average molecular weight is 387 g/mol. The van der Waals surface area contributed by atoms with Crippen molar-refractivity contribution in [3.05, 3.63) is 64.0 Å². The lowest BCUT2D eigenvalue weighted by Gasteiger charge is -2.12. The van der Waals surface area contributed by atoms with Gasteiger partial charge in [0.15, 0.2) is 5.17 Å². The normalized spacial score (nSPS) is 17.6. The molecule has 6 heteroatoms. The first-order valence-electron chi connectivity index (χ1n) is 8.21. The van der Waals surface area contributed by atoms with Gasteiger partial charge in [-0.15, -0.1) is 0 Å². The summed E-state index contributed by atoms with van der Waals surface area (Å²) in [5, 5.41) is 1.23. The molecule has 0 radical (unpaired) electrons. The third kappa shape index (κ3) is 4.29. The summed E-state index contributed by atoms with van der Waals surface area (Å²) in [7, 11) is 1.72. The average Bonchev–Trinajstić information content (AvgIpc) is 2.84. The van der Waals surface area contributed by atoms with Crippen LogP contribution in [0.5, 0.6) is 5.75 Å². The molecular weight excluding hydrogens is 368 g/mol. The van der Waals surface area contributed by atoms with E-state index in [-0.39, 0.29) is 12.0 Å². The van der Waals surface area contributed by atoms with Crippen LogP contribution in [0.3, 0.4) is 0 Å². The van der Waals surface area contributed by atoms with Gasteiger partial charge in [-0.2, -0.15) is 0 Å². The molecule has 1 aliphatic heterocycles. The topological polar surface area (TPSA) is 41.9 Å². The molecule has 0 N–H and O–H groups in total. The van der Waals surface area contributed by atoms with Gasteiger partial charge in [-0.1, -0.05) is 35.9 Å². The van der Waals surface area contributed by atoms with Gasteiger partial charge >= 0.3 is 0 Å². The third-order valence-corrected chi connectivity index (χ3v) is 4.90. The number of hydrogen-bond donors (Lipinski definition) is 0. The lowest BCUT2D eigenvalue weighted by atomic mass is 10.2. The van der Waals surface area contributed by atoms with Crippen molar-refractivity contribution in [2.45, 2.75) is 20.0 Å². The highest BCUT2D eigenvalue weighted by molar-refractivity contribution is 8.18. The molecule has 1 saturated heterocycles. The van der Waals surface area contributed by atoms with Crippen LogP contribution in [-0.2, 0) is 4.79 Å². The first-order chi connectivity index (χ1) is 12.4. The van der Waals surface area contributed by atoms with Crippen molar-refractivity contribution in [3.63, 3.8) is 0 Å². The van der Waals surface area contributed by atoms with E-state index in [1.807, 2.05) is 56.3 Å². The zero-order valence-electron chi connectivity index (χ0n) is 14.8. The largest absolute Gasteiger partial charge is 0.490 e. The van der Waals surface area contributed by atoms with Crippen LogP contribution < -0.4 is 4.74 Å². The van der Waals surface area contributed by atoms with E-state index in [1.54, 1.807) is 24.1 Å². The summed E-state index contributed by atoms with van der Waals surface area (Å²) in [6, 6.07) is 14.9. The Kier molecular flexibility index (Phi) is 5.69. The van der Waals surface area contributed by atoms with E-state index in [1.165, 1.54) is 11.8 Å². The highest BCUT2D eigenvalue weighted by atomic mass is 35.5. The Morgan fingerprint density at radius 3 is 2.69 bits per heavy atom. The zero-order valence-corrected chi connectivity index (χ0v) is 16.3. The van der Waals surface area contributed by atoms with Crippen molar-refractivity contribution in [3.8, 4) is 5.75 Å². The van der Waals surface area contributed by atoms with Gasteiger partial charge in [-0.05, 0) is 56.0 Å². The fourth-order valence-electron chi connectivity index (χ4n) is 2.41. The summed E-state index contributed by atoms with van der Waals surface area (Å²) in [6.07, 6.45) is 1.91. The maximum absolute atomic E-state index is 12.6. The van der Waals surface area contributed by atoms with Crippen LogP contribution in [0.4, 0.5) is 5.69 Å². The van der Waals surface area contributed by atoms with Crippen LogP contribution in [-0.4, -0.2) is 29.1 Å². The highest BCUT2D eigenvalue weighted by Crippen LogP contribution is 2.35. The molecular formula is C20H19ClN2O2S. The minimum atomic E-state index is -0.0878. The maximum atomic E-state index is 12.6. The number of halogens is 1. The first kappa shape index (κ1) is 18.5. The van der Waals surface area contributed by atoms with Gasteiger partial charge in [0.1, 0.15) is 5.75 Å². The number of para-hydroxylation sites is 1. The molecule has 1 amide bonds. The molecule has 0 spiro atoms. The standard InChI is InChI=1S/C20H19ClN2O2S/c1-13(2)25-17-10-5-4-7-14(17)11-18-19(24)23(3)20(26-18)22-16-9-6-8-15(21)12-16/h4-13H,1-3H3/b18-11+,22-20?. The summed E-state index contributed by atoms with van der Waals surface area (Å²) in [4.78, 5) is 19.3. The molecule has 2 aromatic rings. The Labute approximate surface area is 162 Å². The van der Waals surface area contributed by atoms with Crippen molar-refractivity contribution in [2.75, 3.05) is 7.05 Å². The summed E-state index contributed by atoms with van der Waals surface area (Å²) in [5.41, 5.74) is 1.58. The van der Waals surface area contributed by atoms with Crippen LogP contribution in [0.25, 0.3) is 6.08 Å². The van der Waals surface area contributed by atoms with Crippen LogP contribution in [0.1, 0.15) is 19.4 Å². The number of carbonyl (C=O) groups excluding carboxylic acids is 1. The Balaban J connectivity index is 1.91. The summed E-state index contributed by atoms with van der Waals surface area (Å²) in [5.74, 6) is 0.668. The van der Waals surface area contributed by atoms with Crippen LogP contribution in [0.2, 0.25) is 5.02 Å². The number of ether oxygens (including phenoxy) is 1. The van der Waals surface area contributed by atoms with Gasteiger partial charge in [0, 0.05) is 17.6 Å². The number of carbonyl (C=O) groups is 1. The molecule has 1 heterocycles. The van der Waals surface area contributed by atoms with Gasteiger partial charge in [-0.25, -0.2) is 4.99 Å². The summed E-state index contributed by atoms with van der Waals surface area (Å²) < 4.78 is 5.83. The van der Waals surface area contributed by atoms with Gasteiger partial charge in [0.05, 0.1) is 16.7 Å². The van der Waals surface area contributed by atoms with Crippen LogP contribution >= 0.6 is 23.4 Å². The molecule has 0 bridgehead atoms. The van der Waals surface area contributed by atoms with Gasteiger partial charge in [0.2, 0.25) is 0 Å². The fraction of sp³-hybridized carbons (Fsp3) is 0.200. The number of amides is 1. The van der Waals surface area contributed by atoms with E-state index in [0.717, 1.165) is 11.3 Å². The fourth-order valence-corrected chi connectivity index (χ4v) is 3.57. The predicted molar refractivity (Wildman–Crippen MR) is 109 cm³/mol. The number of nitrogens with zero attached hydrogens (tertiary/aromatic N) is 2. The number of hydrogen-bond acceptors (Lipinski definition) is 4. The molecule has 4 nitrogen and oxygen atoms in total. The molecule has 1 fully saturated rings. The van der Waals surface area contributed by atoms with Crippen molar-refractivity contribution >= 4 is 46.2 Å². The number of benzene rings is 2. The van der Waals surface area contributed by atoms with Crippen molar-refractivity contribution in [2.24, 2.45) is 4.99 Å². The number of likely N-dealkylation sites (N-methyl/N-ethyl adjacent to an activating group) is 1. The van der Waals surface area contributed by atoms with Gasteiger partial charge in [0.25, 0.3) is 5.91 Å². The Morgan fingerprint density at radius 2 is 1.96 bits per heavy atom. The second-order valence-corrected chi connectivity index (χ2v) is 7.50. The SMILES string of the molecule is CC(C)Oc1ccccc1/C=C1/SC(=Nc2cccc(Cl)c2)N(C)C1=O. The molecule has 26 heavy (non-hydrogen) atoms. The van der Waals surface area contributed by atoms with E-state index >= 15 is 0 Å². The van der Waals surface area contributed by atoms with Crippen LogP contribution in [0, 0.1) is 0 Å². The van der Waals surface area contributed by atoms with Crippen LogP contribution in [0.15, 0.2) is 58.4 Å². The number of amidine groups is 1. The van der Waals surface area contributed by atoms with Crippen molar-refractivity contribution in [1.29, 1.82) is 0 Å². The molecule has 2 aromatic carbocycles. The molecule has 0 aliphatic carbocycles. The monoisotopic (exact) mass is 386 g/mol. The minimum absolute atomic E-state index is 0.0594. The second-order valence-electron chi connectivity index (χ2n) is 6.05. The first-order valence-corrected chi connectivity index (χ1v) is 9.41. The van der Waals surface area contributed by atoms with Gasteiger partial charge in [-0.3, -0.25) is 9.69 Å². The second kappa shape index (κ2) is 7.98. The summed E-state index contributed by atoms with van der Waals surface area (Å²) in [6.45, 7) is 3.95. The van der Waals surface area contributed by atoms with E-state index in [2.05, 4.69) is 4.99 Å². The molecule has 0 atom stereocenters. The maximum Gasteiger partial charge on any atom is 0.266 e. The third-order valence-electron chi connectivity index (χ3n) is 3.60. The predicted octanol–water partition coefficient (Wildman–Crippen LogP) is 5.36. The van der Waals surface area contributed by atoms with Gasteiger partial charge < -0.3 is 4.74 Å². The molecule has 3 rings (SSSR count). The van der Waals surface area contributed by atoms with Crippen molar-refractivity contribution < 1.29 is 9.53 Å². The molecule has 0 saturated carbocycles. The molecule has 134 valence electrons. The Morgan fingerprint density at radius 1 is 1.19 bits per heavy atom. The van der Waals surface area contributed by atoms with E-state index in [0.29, 0.717) is 20.8 Å². The number of thioether (sulfide) groups is 1. The highest BCUT2D eigenvalue weighted by Gasteiger charge is 2.30. The van der Waals surface area contributed by atoms with E-state index < -0.39 is 0 Å². The Bertz CT molecular complexity index is 893. The van der Waals surface area contributed by atoms with Crippen molar-refractivity contribution in [1.82, 2.24) is 4.90 Å². The Hall–Kier alpha value is -2.24. The molecule has 0 unspecified atom stereocenters. The van der Waals surface area contributed by atoms with E-state index in [4.69, 9.17) is 16.3 Å².